The van der Waals surface area contributed by atoms with Gasteiger partial charge in [-0.3, -0.25) is 0 Å². The molecule has 0 aliphatic carbocycles. The summed E-state index contributed by atoms with van der Waals surface area (Å²) >= 11 is 0. The Morgan fingerprint density at radius 3 is 3.10 bits per heavy atom. The number of hydrogen-bond donors (Lipinski definition) is 2. The summed E-state index contributed by atoms with van der Waals surface area (Å²) in [6.45, 7) is 1.79. The summed E-state index contributed by atoms with van der Waals surface area (Å²) in [5, 5.41) is 3.14. The predicted molar refractivity (Wildman–Crippen MR) is 40.3 cm³/mol. The molecule has 0 bridgehead atoms. The Morgan fingerprint density at radius 2 is 2.60 bits per heavy atom. The molecule has 0 aromatic heterocycles. The highest BCUT2D eigenvalue weighted by Gasteiger charge is 2.14. The quantitative estimate of drug-likeness (QED) is 0.460. The topological polar surface area (TPSA) is 49.3 Å². The predicted octanol–water partition coefficient (Wildman–Crippen LogP) is 0.641. The van der Waals surface area contributed by atoms with E-state index >= 15 is 0 Å². The van der Waals surface area contributed by atoms with Crippen molar-refractivity contribution in [1.29, 1.82) is 0 Å². The highest BCUT2D eigenvalue weighted by atomic mass is 31.1. The molecular weight excluding hydrogens is 149 g/mol. The van der Waals surface area contributed by atoms with E-state index in [0.717, 1.165) is 25.1 Å². The highest BCUT2D eigenvalue weighted by Crippen LogP contribution is 2.20. The number of hydrogen-bond acceptors (Lipinski definition) is 2. The number of nitrogens with one attached hydrogen (secondary N) is 1. The first kappa shape index (κ1) is 7.86. The smallest absolute Gasteiger partial charge is 0.313 e. The molecule has 1 aliphatic heterocycles. The lowest BCUT2D eigenvalue weighted by Crippen LogP contribution is -2.21. The third kappa shape index (κ3) is 2.56. The van der Waals surface area contributed by atoms with Crippen LogP contribution < -0.4 is 5.32 Å². The van der Waals surface area contributed by atoms with Gasteiger partial charge in [-0.15, -0.1) is 0 Å². The van der Waals surface area contributed by atoms with Crippen LogP contribution in [0.3, 0.4) is 0 Å². The molecule has 1 unspecified atom stereocenters. The van der Waals surface area contributed by atoms with Gasteiger partial charge in [0.2, 0.25) is 0 Å². The maximum absolute atomic E-state index is 10.4. The van der Waals surface area contributed by atoms with E-state index in [1.807, 2.05) is 6.08 Å². The van der Waals surface area contributed by atoms with Gasteiger partial charge in [-0.05, 0) is 23.1 Å². The highest BCUT2D eigenvalue weighted by molar-refractivity contribution is 7.38. The zero-order valence-corrected chi connectivity index (χ0v) is 6.60. The van der Waals surface area contributed by atoms with E-state index in [-0.39, 0.29) is 0 Å². The van der Waals surface area contributed by atoms with E-state index in [1.165, 1.54) is 0 Å². The Labute approximate surface area is 61.0 Å². The van der Waals surface area contributed by atoms with E-state index in [0.29, 0.717) is 6.16 Å². The van der Waals surface area contributed by atoms with Crippen LogP contribution in [0.2, 0.25) is 0 Å². The molecule has 0 amide bonds. The summed E-state index contributed by atoms with van der Waals surface area (Å²) in [5.74, 6) is 0. The van der Waals surface area contributed by atoms with Crippen molar-refractivity contribution >= 4 is 8.03 Å². The van der Waals surface area contributed by atoms with Gasteiger partial charge < -0.3 is 5.32 Å². The van der Waals surface area contributed by atoms with Crippen molar-refractivity contribution in [2.75, 3.05) is 19.3 Å². The molecule has 1 rings (SSSR count). The van der Waals surface area contributed by atoms with Crippen LogP contribution in [0.5, 0.6) is 0 Å². The molecule has 10 heavy (non-hydrogen) atoms. The van der Waals surface area contributed by atoms with Gasteiger partial charge in [0.1, 0.15) is 0 Å². The van der Waals surface area contributed by atoms with Crippen LogP contribution >= 0.6 is 8.03 Å². The summed E-state index contributed by atoms with van der Waals surface area (Å²) in [4.78, 5) is 8.55. The number of rotatable bonds is 2. The lowest BCUT2D eigenvalue weighted by Gasteiger charge is -2.08. The van der Waals surface area contributed by atoms with Crippen LogP contribution in [-0.2, 0) is 4.57 Å². The Morgan fingerprint density at radius 1 is 1.80 bits per heavy atom. The Balaban J connectivity index is 2.38. The molecule has 0 fully saturated rings. The molecule has 56 valence electrons. The minimum Gasteiger partial charge on any atom is -0.313 e. The first-order valence-electron chi connectivity index (χ1n) is 3.31. The molecule has 0 aromatic rings. The largest absolute Gasteiger partial charge is 0.509 e. The van der Waals surface area contributed by atoms with Crippen molar-refractivity contribution < 1.29 is 9.46 Å². The van der Waals surface area contributed by atoms with Crippen molar-refractivity contribution in [2.24, 2.45) is 0 Å². The van der Waals surface area contributed by atoms with Crippen LogP contribution in [-0.4, -0.2) is 24.1 Å². The third-order valence-electron chi connectivity index (χ3n) is 1.50. The van der Waals surface area contributed by atoms with Gasteiger partial charge in [0.15, 0.2) is 6.16 Å². The lowest BCUT2D eigenvalue weighted by molar-refractivity contribution is 0.504. The molecule has 4 heteroatoms. The van der Waals surface area contributed by atoms with Gasteiger partial charge >= 0.3 is 8.03 Å². The van der Waals surface area contributed by atoms with Crippen molar-refractivity contribution in [2.45, 2.75) is 6.42 Å². The van der Waals surface area contributed by atoms with E-state index < -0.39 is 8.03 Å². The molecule has 0 saturated carbocycles. The Kier molecular flexibility index (Phi) is 3.00. The van der Waals surface area contributed by atoms with E-state index in [4.69, 9.17) is 4.89 Å². The Bertz CT molecular complexity index is 167. The second-order valence-electron chi connectivity index (χ2n) is 2.33. The van der Waals surface area contributed by atoms with Gasteiger partial charge in [-0.1, -0.05) is 6.08 Å². The Hall–Kier alpha value is -0.240. The fraction of sp³-hybridized carbons (Fsp3) is 0.667. The minimum absolute atomic E-state index is 0.358. The molecule has 3 nitrogen and oxygen atoms in total. The van der Waals surface area contributed by atoms with E-state index in [1.54, 1.807) is 0 Å². The zero-order valence-electron chi connectivity index (χ0n) is 5.71. The average molecular weight is 160 g/mol. The first-order chi connectivity index (χ1) is 4.79. The van der Waals surface area contributed by atoms with Crippen LogP contribution in [0.15, 0.2) is 11.6 Å². The summed E-state index contributed by atoms with van der Waals surface area (Å²) in [6, 6.07) is 0. The van der Waals surface area contributed by atoms with Gasteiger partial charge in [0, 0.05) is 6.54 Å². The molecule has 0 spiro atoms. The molecular formula is C6H11NO2P+. The third-order valence-corrected chi connectivity index (χ3v) is 2.17. The maximum Gasteiger partial charge on any atom is 0.509 e. The average Bonchev–Trinajstić information content (AvgIpc) is 1.88. The van der Waals surface area contributed by atoms with Crippen molar-refractivity contribution in [3.8, 4) is 0 Å². The molecule has 2 N–H and O–H groups in total. The second kappa shape index (κ2) is 3.81. The molecule has 0 aromatic carbocycles. The summed E-state index contributed by atoms with van der Waals surface area (Å²) in [6.07, 6.45) is 3.27. The summed E-state index contributed by atoms with van der Waals surface area (Å²) in [5.41, 5.74) is 1.11. The normalized spacial score (nSPS) is 20.1. The van der Waals surface area contributed by atoms with Crippen molar-refractivity contribution in [3.05, 3.63) is 11.6 Å². The summed E-state index contributed by atoms with van der Waals surface area (Å²) in [7, 11) is -1.97. The van der Waals surface area contributed by atoms with Crippen LogP contribution in [0.25, 0.3) is 0 Å². The van der Waals surface area contributed by atoms with Crippen LogP contribution in [0.4, 0.5) is 0 Å². The molecule has 1 heterocycles. The SMILES string of the molecule is O=[P+](O)CC1=CCNCC1. The fourth-order valence-corrected chi connectivity index (χ4v) is 1.62. The van der Waals surface area contributed by atoms with Crippen molar-refractivity contribution in [3.63, 3.8) is 0 Å². The van der Waals surface area contributed by atoms with E-state index in [2.05, 4.69) is 5.32 Å². The standard InChI is InChI=1S/C6H10NO2P/c8-10(9)5-6-1-3-7-4-2-6/h1,7H,2-5H2/p+1. The fourth-order valence-electron chi connectivity index (χ4n) is 0.987. The van der Waals surface area contributed by atoms with Gasteiger partial charge in [0.05, 0.1) is 0 Å². The molecule has 0 saturated heterocycles. The minimum atomic E-state index is -1.97. The van der Waals surface area contributed by atoms with Crippen LogP contribution in [0.1, 0.15) is 6.42 Å². The maximum atomic E-state index is 10.4. The van der Waals surface area contributed by atoms with Crippen LogP contribution in [0, 0.1) is 0 Å². The first-order valence-corrected chi connectivity index (χ1v) is 4.71. The molecule has 0 radical (unpaired) electrons. The monoisotopic (exact) mass is 160 g/mol. The van der Waals surface area contributed by atoms with Gasteiger partial charge in [-0.2, -0.15) is 4.89 Å². The summed E-state index contributed by atoms with van der Waals surface area (Å²) < 4.78 is 10.4. The van der Waals surface area contributed by atoms with Gasteiger partial charge in [0.25, 0.3) is 0 Å². The zero-order chi connectivity index (χ0) is 7.40. The van der Waals surface area contributed by atoms with E-state index in [9.17, 15) is 4.57 Å². The lowest BCUT2D eigenvalue weighted by atomic mass is 10.1. The van der Waals surface area contributed by atoms with Crippen molar-refractivity contribution in [1.82, 2.24) is 5.32 Å². The molecule has 1 aliphatic rings. The van der Waals surface area contributed by atoms with Gasteiger partial charge in [-0.25, -0.2) is 0 Å². The molecule has 1 atom stereocenters. The second-order valence-corrected chi connectivity index (χ2v) is 3.35.